The molecule has 0 aliphatic carbocycles. The lowest BCUT2D eigenvalue weighted by Gasteiger charge is -2.22. The Morgan fingerprint density at radius 2 is 1.71 bits per heavy atom. The van der Waals surface area contributed by atoms with Crippen LogP contribution in [0.2, 0.25) is 0 Å². The van der Waals surface area contributed by atoms with Gasteiger partial charge in [0.2, 0.25) is 11.8 Å². The molecular weight excluding hydrogens is 348 g/mol. The molecule has 1 heterocycles. The summed E-state index contributed by atoms with van der Waals surface area (Å²) in [5, 5.41) is 2.25. The van der Waals surface area contributed by atoms with E-state index < -0.39 is 0 Å². The fourth-order valence-electron chi connectivity index (χ4n) is 3.85. The molecule has 4 nitrogen and oxygen atoms in total. The Labute approximate surface area is 165 Å². The average molecular weight is 372 g/mol. The van der Waals surface area contributed by atoms with E-state index in [2.05, 4.69) is 18.2 Å². The third kappa shape index (κ3) is 3.77. The van der Waals surface area contributed by atoms with E-state index in [1.165, 1.54) is 5.56 Å². The van der Waals surface area contributed by atoms with Gasteiger partial charge in [0, 0.05) is 32.2 Å². The molecule has 1 atom stereocenters. The second-order valence-corrected chi connectivity index (χ2v) is 7.41. The first-order chi connectivity index (χ1) is 13.6. The van der Waals surface area contributed by atoms with Crippen LogP contribution in [0.5, 0.6) is 0 Å². The van der Waals surface area contributed by atoms with Crippen molar-refractivity contribution in [2.75, 3.05) is 25.0 Å². The van der Waals surface area contributed by atoms with Gasteiger partial charge in [-0.2, -0.15) is 0 Å². The van der Waals surface area contributed by atoms with E-state index >= 15 is 0 Å². The van der Waals surface area contributed by atoms with Gasteiger partial charge in [0.15, 0.2) is 0 Å². The number of hydrogen-bond donors (Lipinski definition) is 0. The van der Waals surface area contributed by atoms with Crippen molar-refractivity contribution >= 4 is 28.3 Å². The maximum atomic E-state index is 13.0. The summed E-state index contributed by atoms with van der Waals surface area (Å²) < 4.78 is 0. The lowest BCUT2D eigenvalue weighted by atomic mass is 10.1. The molecule has 3 aromatic carbocycles. The molecule has 142 valence electrons. The Balaban J connectivity index is 1.41. The summed E-state index contributed by atoms with van der Waals surface area (Å²) >= 11 is 0. The zero-order chi connectivity index (χ0) is 19.5. The lowest BCUT2D eigenvalue weighted by Crippen LogP contribution is -2.35. The molecule has 4 heteroatoms. The van der Waals surface area contributed by atoms with Crippen LogP contribution >= 0.6 is 0 Å². The van der Waals surface area contributed by atoms with Crippen LogP contribution in [0.1, 0.15) is 12.0 Å². The molecule has 1 aliphatic rings. The minimum Gasteiger partial charge on any atom is -0.342 e. The van der Waals surface area contributed by atoms with Crippen LogP contribution in [0.15, 0.2) is 72.8 Å². The van der Waals surface area contributed by atoms with Crippen molar-refractivity contribution in [3.05, 3.63) is 78.4 Å². The lowest BCUT2D eigenvalue weighted by molar-refractivity contribution is -0.128. The summed E-state index contributed by atoms with van der Waals surface area (Å²) in [6.45, 7) is 1.16. The van der Waals surface area contributed by atoms with Crippen LogP contribution in [-0.2, 0) is 16.0 Å². The SMILES string of the molecule is CN(C(=O)C1CC(=O)N(CCc2ccccc2)C1)c1ccc2ccccc2c1. The molecular formula is C24H24N2O2. The highest BCUT2D eigenvalue weighted by Crippen LogP contribution is 2.26. The number of anilines is 1. The molecule has 4 rings (SSSR count). The minimum atomic E-state index is -0.278. The van der Waals surface area contributed by atoms with Gasteiger partial charge < -0.3 is 9.80 Å². The topological polar surface area (TPSA) is 40.6 Å². The van der Waals surface area contributed by atoms with Crippen molar-refractivity contribution in [2.45, 2.75) is 12.8 Å². The quantitative estimate of drug-likeness (QED) is 0.682. The summed E-state index contributed by atoms with van der Waals surface area (Å²) in [5.41, 5.74) is 2.07. The Bertz CT molecular complexity index is 1000. The number of fused-ring (bicyclic) bond motifs is 1. The summed E-state index contributed by atoms with van der Waals surface area (Å²) in [4.78, 5) is 28.9. The van der Waals surface area contributed by atoms with Crippen molar-refractivity contribution in [2.24, 2.45) is 5.92 Å². The van der Waals surface area contributed by atoms with Gasteiger partial charge >= 0.3 is 0 Å². The fraction of sp³-hybridized carbons (Fsp3) is 0.250. The molecule has 1 aliphatic heterocycles. The number of nitrogens with zero attached hydrogens (tertiary/aromatic N) is 2. The van der Waals surface area contributed by atoms with E-state index in [0.29, 0.717) is 19.5 Å². The van der Waals surface area contributed by atoms with Crippen LogP contribution in [-0.4, -0.2) is 36.9 Å². The van der Waals surface area contributed by atoms with Crippen molar-refractivity contribution in [1.82, 2.24) is 4.90 Å². The smallest absolute Gasteiger partial charge is 0.232 e. The van der Waals surface area contributed by atoms with Gasteiger partial charge in [-0.1, -0.05) is 60.7 Å². The standard InChI is InChI=1S/C24H24N2O2/c1-25(22-12-11-19-9-5-6-10-20(19)15-22)24(28)21-16-23(27)26(17-21)14-13-18-7-3-2-4-8-18/h2-12,15,21H,13-14,16-17H2,1H3. The molecule has 0 spiro atoms. The number of likely N-dealkylation sites (tertiary alicyclic amines) is 1. The molecule has 0 bridgehead atoms. The van der Waals surface area contributed by atoms with Crippen molar-refractivity contribution in [3.8, 4) is 0 Å². The number of amides is 2. The first-order valence-electron chi connectivity index (χ1n) is 9.70. The third-order valence-corrected chi connectivity index (χ3v) is 5.53. The van der Waals surface area contributed by atoms with Crippen LogP contribution in [0, 0.1) is 5.92 Å². The summed E-state index contributed by atoms with van der Waals surface area (Å²) in [5.74, 6) is -0.202. The van der Waals surface area contributed by atoms with Gasteiger partial charge in [0.1, 0.15) is 0 Å². The molecule has 0 radical (unpaired) electrons. The van der Waals surface area contributed by atoms with E-state index in [9.17, 15) is 9.59 Å². The molecule has 1 saturated heterocycles. The minimum absolute atomic E-state index is 0.00541. The molecule has 0 aromatic heterocycles. The zero-order valence-electron chi connectivity index (χ0n) is 16.0. The molecule has 0 N–H and O–H groups in total. The second-order valence-electron chi connectivity index (χ2n) is 7.41. The summed E-state index contributed by atoms with van der Waals surface area (Å²) in [6, 6.07) is 24.2. The van der Waals surface area contributed by atoms with E-state index in [1.54, 1.807) is 11.9 Å². The van der Waals surface area contributed by atoms with Gasteiger partial charge in [0.05, 0.1) is 5.92 Å². The summed E-state index contributed by atoms with van der Waals surface area (Å²) in [6.07, 6.45) is 1.11. The van der Waals surface area contributed by atoms with Gasteiger partial charge in [-0.3, -0.25) is 9.59 Å². The molecule has 28 heavy (non-hydrogen) atoms. The first-order valence-corrected chi connectivity index (χ1v) is 9.70. The predicted molar refractivity (Wildman–Crippen MR) is 112 cm³/mol. The van der Waals surface area contributed by atoms with Crippen molar-refractivity contribution < 1.29 is 9.59 Å². The van der Waals surface area contributed by atoms with Gasteiger partial charge in [-0.15, -0.1) is 0 Å². The molecule has 0 saturated carbocycles. The zero-order valence-corrected chi connectivity index (χ0v) is 16.0. The molecule has 1 unspecified atom stereocenters. The van der Waals surface area contributed by atoms with Crippen LogP contribution < -0.4 is 4.90 Å². The Kier molecular flexibility index (Phi) is 5.11. The normalized spacial score (nSPS) is 16.5. The third-order valence-electron chi connectivity index (χ3n) is 5.53. The fourth-order valence-corrected chi connectivity index (χ4v) is 3.85. The van der Waals surface area contributed by atoms with Gasteiger partial charge in [0.25, 0.3) is 0 Å². The Hall–Kier alpha value is -3.14. The Morgan fingerprint density at radius 3 is 2.50 bits per heavy atom. The van der Waals surface area contributed by atoms with Gasteiger partial charge in [-0.25, -0.2) is 0 Å². The van der Waals surface area contributed by atoms with Crippen LogP contribution in [0.25, 0.3) is 10.8 Å². The molecule has 1 fully saturated rings. The maximum absolute atomic E-state index is 13.0. The summed E-state index contributed by atoms with van der Waals surface area (Å²) in [7, 11) is 1.80. The number of carbonyl (C=O) groups is 2. The first kappa shape index (κ1) is 18.2. The maximum Gasteiger partial charge on any atom is 0.232 e. The number of hydrogen-bond acceptors (Lipinski definition) is 2. The average Bonchev–Trinajstić information content (AvgIpc) is 3.12. The van der Waals surface area contributed by atoms with E-state index in [1.807, 2.05) is 59.5 Å². The van der Waals surface area contributed by atoms with Gasteiger partial charge in [-0.05, 0) is 34.9 Å². The number of rotatable bonds is 5. The second kappa shape index (κ2) is 7.85. The number of benzene rings is 3. The monoisotopic (exact) mass is 372 g/mol. The van der Waals surface area contributed by atoms with Crippen molar-refractivity contribution in [3.63, 3.8) is 0 Å². The Morgan fingerprint density at radius 1 is 1.00 bits per heavy atom. The van der Waals surface area contributed by atoms with Crippen LogP contribution in [0.4, 0.5) is 5.69 Å². The highest BCUT2D eigenvalue weighted by atomic mass is 16.2. The molecule has 2 amide bonds. The highest BCUT2D eigenvalue weighted by molar-refractivity contribution is 6.00. The van der Waals surface area contributed by atoms with E-state index in [0.717, 1.165) is 22.9 Å². The highest BCUT2D eigenvalue weighted by Gasteiger charge is 2.35. The van der Waals surface area contributed by atoms with E-state index in [-0.39, 0.29) is 17.7 Å². The largest absolute Gasteiger partial charge is 0.342 e. The van der Waals surface area contributed by atoms with Crippen LogP contribution in [0.3, 0.4) is 0 Å². The molecule has 3 aromatic rings. The predicted octanol–water partition coefficient (Wildman–Crippen LogP) is 3.89. The van der Waals surface area contributed by atoms with Crippen molar-refractivity contribution in [1.29, 1.82) is 0 Å². The number of carbonyl (C=O) groups excluding carboxylic acids is 2. The van der Waals surface area contributed by atoms with E-state index in [4.69, 9.17) is 0 Å².